The van der Waals surface area contributed by atoms with Crippen LogP contribution in [0.2, 0.25) is 0 Å². The monoisotopic (exact) mass is 231 g/mol. The van der Waals surface area contributed by atoms with E-state index in [-0.39, 0.29) is 6.42 Å². The lowest BCUT2D eigenvalue weighted by atomic mass is 10.00. The van der Waals surface area contributed by atoms with Crippen molar-refractivity contribution in [3.05, 3.63) is 0 Å². The zero-order valence-corrected chi connectivity index (χ0v) is 9.61. The van der Waals surface area contributed by atoms with Crippen LogP contribution < -0.4 is 5.32 Å². The molecule has 0 heterocycles. The molecular weight excluding hydrogens is 214 g/mol. The molecule has 0 saturated carbocycles. The Bertz CT molecular complexity index is 292. The Balaban J connectivity index is 4.35. The summed E-state index contributed by atoms with van der Waals surface area (Å²) in [6.45, 7) is 5.29. The third kappa shape index (κ3) is 6.80. The van der Waals surface area contributed by atoms with Gasteiger partial charge in [-0.2, -0.15) is 0 Å². The molecule has 0 aromatic rings. The van der Waals surface area contributed by atoms with E-state index in [0.29, 0.717) is 0 Å². The smallest absolute Gasteiger partial charge is 0.307 e. The summed E-state index contributed by atoms with van der Waals surface area (Å²) >= 11 is 0. The molecule has 16 heavy (non-hydrogen) atoms. The van der Waals surface area contributed by atoms with Crippen LogP contribution in [-0.4, -0.2) is 33.6 Å². The first-order valence-electron chi connectivity index (χ1n) is 4.87. The minimum Gasteiger partial charge on any atom is -0.481 e. The van der Waals surface area contributed by atoms with Gasteiger partial charge in [-0.15, -0.1) is 0 Å². The van der Waals surface area contributed by atoms with Gasteiger partial charge in [0.05, 0.1) is 12.3 Å². The molecule has 6 nitrogen and oxygen atoms in total. The van der Waals surface area contributed by atoms with Gasteiger partial charge in [0.2, 0.25) is 5.91 Å². The van der Waals surface area contributed by atoms with Gasteiger partial charge in [-0.25, -0.2) is 0 Å². The summed E-state index contributed by atoms with van der Waals surface area (Å²) in [5.74, 6) is -4.14. The second kappa shape index (κ2) is 5.48. The van der Waals surface area contributed by atoms with E-state index in [1.54, 1.807) is 20.8 Å². The van der Waals surface area contributed by atoms with E-state index in [2.05, 4.69) is 5.32 Å². The largest absolute Gasteiger partial charge is 0.481 e. The summed E-state index contributed by atoms with van der Waals surface area (Å²) < 4.78 is 0. The van der Waals surface area contributed by atoms with Crippen molar-refractivity contribution in [1.29, 1.82) is 0 Å². The standard InChI is InChI=1S/C10H17NO5/c1-10(2,3)11-7(12)4-6(9(15)16)5-8(13)14/h6H,4-5H2,1-3H3,(H,11,12)(H,13,14)(H,15,16). The fourth-order valence-corrected chi connectivity index (χ4v) is 1.15. The van der Waals surface area contributed by atoms with Crippen molar-refractivity contribution in [2.45, 2.75) is 39.2 Å². The lowest BCUT2D eigenvalue weighted by Crippen LogP contribution is -2.42. The molecule has 3 N–H and O–H groups in total. The van der Waals surface area contributed by atoms with E-state index in [4.69, 9.17) is 10.2 Å². The van der Waals surface area contributed by atoms with Crippen molar-refractivity contribution in [3.63, 3.8) is 0 Å². The van der Waals surface area contributed by atoms with Gasteiger partial charge in [-0.05, 0) is 20.8 Å². The van der Waals surface area contributed by atoms with Gasteiger partial charge >= 0.3 is 11.9 Å². The molecule has 0 radical (unpaired) electrons. The van der Waals surface area contributed by atoms with Crippen LogP contribution in [0.15, 0.2) is 0 Å². The Labute approximate surface area is 93.6 Å². The molecule has 0 aliphatic carbocycles. The van der Waals surface area contributed by atoms with Crippen LogP contribution in [0.5, 0.6) is 0 Å². The molecule has 0 aromatic carbocycles. The highest BCUT2D eigenvalue weighted by atomic mass is 16.4. The van der Waals surface area contributed by atoms with Gasteiger partial charge in [0.15, 0.2) is 0 Å². The van der Waals surface area contributed by atoms with E-state index in [0.717, 1.165) is 0 Å². The van der Waals surface area contributed by atoms with E-state index < -0.39 is 35.7 Å². The molecule has 1 unspecified atom stereocenters. The molecule has 0 aromatic heterocycles. The molecule has 1 amide bonds. The minimum atomic E-state index is -1.27. The predicted molar refractivity (Wildman–Crippen MR) is 55.9 cm³/mol. The third-order valence-corrected chi connectivity index (χ3v) is 1.72. The van der Waals surface area contributed by atoms with Gasteiger partial charge in [-0.3, -0.25) is 14.4 Å². The number of carboxylic acid groups (broad SMARTS) is 2. The van der Waals surface area contributed by atoms with Crippen LogP contribution in [0.4, 0.5) is 0 Å². The maximum absolute atomic E-state index is 11.4. The molecule has 0 aliphatic rings. The fraction of sp³-hybridized carbons (Fsp3) is 0.700. The summed E-state index contributed by atoms with van der Waals surface area (Å²) in [4.78, 5) is 32.5. The topological polar surface area (TPSA) is 104 Å². The number of rotatable bonds is 5. The average molecular weight is 231 g/mol. The second-order valence-electron chi connectivity index (χ2n) is 4.64. The molecule has 0 aliphatic heterocycles. The zero-order chi connectivity index (χ0) is 12.9. The van der Waals surface area contributed by atoms with Crippen LogP contribution >= 0.6 is 0 Å². The predicted octanol–water partition coefficient (Wildman–Crippen LogP) is 0.467. The van der Waals surface area contributed by atoms with Crippen LogP contribution in [-0.2, 0) is 14.4 Å². The molecule has 6 heteroatoms. The number of carbonyl (C=O) groups is 3. The Morgan fingerprint density at radius 1 is 1.12 bits per heavy atom. The first kappa shape index (κ1) is 14.4. The first-order valence-corrected chi connectivity index (χ1v) is 4.87. The summed E-state index contributed by atoms with van der Waals surface area (Å²) in [5.41, 5.74) is -0.455. The fourth-order valence-electron chi connectivity index (χ4n) is 1.15. The highest BCUT2D eigenvalue weighted by Gasteiger charge is 2.25. The lowest BCUT2D eigenvalue weighted by Gasteiger charge is -2.21. The molecule has 0 spiro atoms. The number of aliphatic carboxylic acids is 2. The van der Waals surface area contributed by atoms with Crippen molar-refractivity contribution >= 4 is 17.8 Å². The highest BCUT2D eigenvalue weighted by molar-refractivity contribution is 5.85. The Morgan fingerprint density at radius 3 is 1.94 bits per heavy atom. The van der Waals surface area contributed by atoms with Gasteiger partial charge < -0.3 is 15.5 Å². The Hall–Kier alpha value is -1.59. The van der Waals surface area contributed by atoms with Crippen molar-refractivity contribution in [2.24, 2.45) is 5.92 Å². The van der Waals surface area contributed by atoms with Crippen molar-refractivity contribution < 1.29 is 24.6 Å². The normalized spacial score (nSPS) is 12.9. The molecule has 0 saturated heterocycles. The molecule has 1 atom stereocenters. The van der Waals surface area contributed by atoms with Crippen molar-refractivity contribution in [2.75, 3.05) is 0 Å². The first-order chi connectivity index (χ1) is 7.11. The maximum atomic E-state index is 11.4. The highest BCUT2D eigenvalue weighted by Crippen LogP contribution is 2.10. The van der Waals surface area contributed by atoms with E-state index >= 15 is 0 Å². The molecule has 0 bridgehead atoms. The van der Waals surface area contributed by atoms with Crippen LogP contribution in [0.3, 0.4) is 0 Å². The number of hydrogen-bond acceptors (Lipinski definition) is 3. The molecule has 0 rings (SSSR count). The average Bonchev–Trinajstić information content (AvgIpc) is 1.97. The van der Waals surface area contributed by atoms with Gasteiger partial charge in [0, 0.05) is 12.0 Å². The summed E-state index contributed by atoms with van der Waals surface area (Å²) in [6.07, 6.45) is -0.869. The quantitative estimate of drug-likeness (QED) is 0.638. The SMILES string of the molecule is CC(C)(C)NC(=O)CC(CC(=O)O)C(=O)O. The molecule has 0 fully saturated rings. The summed E-state index contributed by atoms with van der Waals surface area (Å²) in [6, 6.07) is 0. The lowest BCUT2D eigenvalue weighted by molar-refractivity contribution is -0.149. The maximum Gasteiger partial charge on any atom is 0.307 e. The number of nitrogens with one attached hydrogen (secondary N) is 1. The number of carboxylic acids is 2. The number of carbonyl (C=O) groups excluding carboxylic acids is 1. The van der Waals surface area contributed by atoms with E-state index in [9.17, 15) is 14.4 Å². The van der Waals surface area contributed by atoms with Gasteiger partial charge in [-0.1, -0.05) is 0 Å². The minimum absolute atomic E-state index is 0.321. The molecule has 92 valence electrons. The Kier molecular flexibility index (Phi) is 4.94. The summed E-state index contributed by atoms with van der Waals surface area (Å²) in [7, 11) is 0. The van der Waals surface area contributed by atoms with Gasteiger partial charge in [0.25, 0.3) is 0 Å². The second-order valence-corrected chi connectivity index (χ2v) is 4.64. The van der Waals surface area contributed by atoms with Crippen LogP contribution in [0.25, 0.3) is 0 Å². The van der Waals surface area contributed by atoms with Crippen molar-refractivity contribution in [3.8, 4) is 0 Å². The van der Waals surface area contributed by atoms with Crippen molar-refractivity contribution in [1.82, 2.24) is 5.32 Å². The zero-order valence-electron chi connectivity index (χ0n) is 9.61. The van der Waals surface area contributed by atoms with Gasteiger partial charge in [0.1, 0.15) is 0 Å². The third-order valence-electron chi connectivity index (χ3n) is 1.72. The summed E-state index contributed by atoms with van der Waals surface area (Å²) in [5, 5.41) is 19.8. The van der Waals surface area contributed by atoms with E-state index in [1.165, 1.54) is 0 Å². The number of amides is 1. The Morgan fingerprint density at radius 2 is 1.62 bits per heavy atom. The van der Waals surface area contributed by atoms with Crippen LogP contribution in [0.1, 0.15) is 33.6 Å². The van der Waals surface area contributed by atoms with E-state index in [1.807, 2.05) is 0 Å². The molecular formula is C10H17NO5. The van der Waals surface area contributed by atoms with Crippen LogP contribution in [0, 0.1) is 5.92 Å². The number of hydrogen-bond donors (Lipinski definition) is 3.